The van der Waals surface area contributed by atoms with Gasteiger partial charge in [-0.2, -0.15) is 5.26 Å². The minimum absolute atomic E-state index is 0.0286. The normalized spacial score (nSPS) is 11.8. The molecular weight excluding hydrogens is 283 g/mol. The lowest BCUT2D eigenvalue weighted by molar-refractivity contribution is 0.107. The highest BCUT2D eigenvalue weighted by atomic mass is 19.2. The Bertz CT molecular complexity index is 698. The summed E-state index contributed by atoms with van der Waals surface area (Å²) in [6.45, 7) is -0.330. The average Bonchev–Trinajstić information content (AvgIpc) is 2.47. The summed E-state index contributed by atoms with van der Waals surface area (Å²) in [5.41, 5.74) is -0.168. The molecule has 1 atom stereocenters. The first-order chi connectivity index (χ1) is 10.0. The van der Waals surface area contributed by atoms with Crippen LogP contribution in [-0.4, -0.2) is 11.7 Å². The second-order valence-electron chi connectivity index (χ2n) is 4.23. The molecule has 2 rings (SSSR count). The highest BCUT2D eigenvalue weighted by Crippen LogP contribution is 2.23. The van der Waals surface area contributed by atoms with Crippen molar-refractivity contribution in [3.05, 3.63) is 65.0 Å². The predicted octanol–water partition coefficient (Wildman–Crippen LogP) is 3.09. The second-order valence-corrected chi connectivity index (χ2v) is 4.23. The van der Waals surface area contributed by atoms with Gasteiger partial charge in [0.25, 0.3) is 0 Å². The van der Waals surface area contributed by atoms with Gasteiger partial charge < -0.3 is 9.84 Å². The highest BCUT2D eigenvalue weighted by Gasteiger charge is 2.14. The van der Waals surface area contributed by atoms with E-state index in [0.29, 0.717) is 0 Å². The predicted molar refractivity (Wildman–Crippen MR) is 67.9 cm³/mol. The van der Waals surface area contributed by atoms with Crippen LogP contribution in [0.1, 0.15) is 17.2 Å². The van der Waals surface area contributed by atoms with Crippen molar-refractivity contribution >= 4 is 0 Å². The number of aliphatic hydroxyl groups is 1. The summed E-state index contributed by atoms with van der Waals surface area (Å²) >= 11 is 0. The smallest absolute Gasteiger partial charge is 0.159 e. The Morgan fingerprint density at radius 2 is 1.86 bits per heavy atom. The van der Waals surface area contributed by atoms with E-state index in [1.54, 1.807) is 6.07 Å². The van der Waals surface area contributed by atoms with Crippen LogP contribution in [0.4, 0.5) is 13.2 Å². The molecule has 0 amide bonds. The van der Waals surface area contributed by atoms with Gasteiger partial charge in [-0.25, -0.2) is 13.2 Å². The third kappa shape index (κ3) is 3.33. The molecule has 2 aromatic carbocycles. The van der Waals surface area contributed by atoms with Crippen molar-refractivity contribution in [2.45, 2.75) is 6.10 Å². The van der Waals surface area contributed by atoms with Crippen LogP contribution in [0, 0.1) is 28.8 Å². The summed E-state index contributed by atoms with van der Waals surface area (Å²) in [5, 5.41) is 18.7. The largest absolute Gasteiger partial charge is 0.489 e. The van der Waals surface area contributed by atoms with Gasteiger partial charge >= 0.3 is 0 Å². The van der Waals surface area contributed by atoms with Crippen LogP contribution in [0.5, 0.6) is 5.75 Å². The van der Waals surface area contributed by atoms with E-state index < -0.39 is 23.6 Å². The number of hydrogen-bond acceptors (Lipinski definition) is 3. The van der Waals surface area contributed by atoms with Crippen molar-refractivity contribution in [2.24, 2.45) is 0 Å². The summed E-state index contributed by atoms with van der Waals surface area (Å²) in [5.74, 6) is -2.88. The van der Waals surface area contributed by atoms with Gasteiger partial charge in [0, 0.05) is 0 Å². The summed E-state index contributed by atoms with van der Waals surface area (Å²) in [6.07, 6.45) is -1.24. The lowest BCUT2D eigenvalue weighted by Gasteiger charge is -2.14. The van der Waals surface area contributed by atoms with Crippen LogP contribution in [0.2, 0.25) is 0 Å². The fraction of sp³-hybridized carbons (Fsp3) is 0.133. The third-order valence-corrected chi connectivity index (χ3v) is 2.81. The summed E-state index contributed by atoms with van der Waals surface area (Å²) < 4.78 is 44.4. The van der Waals surface area contributed by atoms with E-state index in [9.17, 15) is 18.3 Å². The van der Waals surface area contributed by atoms with E-state index in [-0.39, 0.29) is 23.5 Å². The molecule has 0 aromatic heterocycles. The fourth-order valence-corrected chi connectivity index (χ4v) is 1.72. The highest BCUT2D eigenvalue weighted by molar-refractivity contribution is 5.43. The molecule has 0 spiro atoms. The Labute approximate surface area is 118 Å². The second kappa shape index (κ2) is 6.29. The molecule has 21 heavy (non-hydrogen) atoms. The number of nitriles is 1. The molecule has 0 aliphatic heterocycles. The zero-order valence-electron chi connectivity index (χ0n) is 10.7. The van der Waals surface area contributed by atoms with Crippen molar-refractivity contribution in [3.8, 4) is 11.8 Å². The Hall–Kier alpha value is -2.52. The van der Waals surface area contributed by atoms with Crippen molar-refractivity contribution < 1.29 is 23.0 Å². The first-order valence-electron chi connectivity index (χ1n) is 5.97. The van der Waals surface area contributed by atoms with Crippen LogP contribution in [0.15, 0.2) is 36.4 Å². The Morgan fingerprint density at radius 1 is 1.10 bits per heavy atom. The summed E-state index contributed by atoms with van der Waals surface area (Å²) in [6, 6.07) is 8.44. The molecule has 1 N–H and O–H groups in total. The minimum Gasteiger partial charge on any atom is -0.489 e. The van der Waals surface area contributed by atoms with Gasteiger partial charge in [0.05, 0.1) is 0 Å². The molecule has 6 heteroatoms. The van der Waals surface area contributed by atoms with E-state index in [1.807, 2.05) is 0 Å². The molecule has 0 bridgehead atoms. The SMILES string of the molecule is N#Cc1c(F)cccc1OCC(O)c1ccc(F)c(F)c1. The summed E-state index contributed by atoms with van der Waals surface area (Å²) in [4.78, 5) is 0. The maximum absolute atomic E-state index is 13.3. The molecule has 0 saturated heterocycles. The molecule has 0 aliphatic rings. The number of halogens is 3. The van der Waals surface area contributed by atoms with E-state index >= 15 is 0 Å². The summed E-state index contributed by atoms with van der Waals surface area (Å²) in [7, 11) is 0. The molecule has 3 nitrogen and oxygen atoms in total. The van der Waals surface area contributed by atoms with Crippen LogP contribution in [0.25, 0.3) is 0 Å². The topological polar surface area (TPSA) is 53.2 Å². The Morgan fingerprint density at radius 3 is 2.52 bits per heavy atom. The number of hydrogen-bond donors (Lipinski definition) is 1. The molecule has 0 aliphatic carbocycles. The van der Waals surface area contributed by atoms with Crippen molar-refractivity contribution in [2.75, 3.05) is 6.61 Å². The van der Waals surface area contributed by atoms with Crippen LogP contribution in [0.3, 0.4) is 0 Å². The third-order valence-electron chi connectivity index (χ3n) is 2.81. The van der Waals surface area contributed by atoms with Gasteiger partial charge in [0.2, 0.25) is 0 Å². The minimum atomic E-state index is -1.24. The van der Waals surface area contributed by atoms with Crippen LogP contribution < -0.4 is 4.74 Å². The zero-order chi connectivity index (χ0) is 15.4. The number of ether oxygens (including phenoxy) is 1. The average molecular weight is 293 g/mol. The van der Waals surface area contributed by atoms with E-state index in [2.05, 4.69) is 0 Å². The number of aliphatic hydroxyl groups excluding tert-OH is 1. The first kappa shape index (κ1) is 14.9. The number of nitrogens with zero attached hydrogens (tertiary/aromatic N) is 1. The quantitative estimate of drug-likeness (QED) is 0.942. The number of benzene rings is 2. The molecule has 0 fully saturated rings. The molecule has 108 valence electrons. The maximum Gasteiger partial charge on any atom is 0.159 e. The van der Waals surface area contributed by atoms with Crippen molar-refractivity contribution in [3.63, 3.8) is 0 Å². The Balaban J connectivity index is 2.11. The van der Waals surface area contributed by atoms with Gasteiger partial charge in [-0.15, -0.1) is 0 Å². The monoisotopic (exact) mass is 293 g/mol. The van der Waals surface area contributed by atoms with Gasteiger partial charge in [0.15, 0.2) is 11.6 Å². The van der Waals surface area contributed by atoms with Gasteiger partial charge in [-0.1, -0.05) is 12.1 Å². The molecular formula is C15H10F3NO2. The van der Waals surface area contributed by atoms with Crippen LogP contribution >= 0.6 is 0 Å². The van der Waals surface area contributed by atoms with E-state index in [4.69, 9.17) is 10.00 Å². The van der Waals surface area contributed by atoms with Crippen molar-refractivity contribution in [1.82, 2.24) is 0 Å². The van der Waals surface area contributed by atoms with Crippen LogP contribution in [-0.2, 0) is 0 Å². The van der Waals surface area contributed by atoms with E-state index in [1.165, 1.54) is 18.2 Å². The van der Waals surface area contributed by atoms with E-state index in [0.717, 1.165) is 18.2 Å². The lowest BCUT2D eigenvalue weighted by atomic mass is 10.1. The van der Waals surface area contributed by atoms with Crippen molar-refractivity contribution in [1.29, 1.82) is 5.26 Å². The zero-order valence-corrected chi connectivity index (χ0v) is 10.7. The van der Waals surface area contributed by atoms with Gasteiger partial charge in [0.1, 0.15) is 35.9 Å². The van der Waals surface area contributed by atoms with Gasteiger partial charge in [-0.3, -0.25) is 0 Å². The van der Waals surface area contributed by atoms with Gasteiger partial charge in [-0.05, 0) is 29.8 Å². The molecule has 0 saturated carbocycles. The number of rotatable bonds is 4. The first-order valence-corrected chi connectivity index (χ1v) is 5.97. The molecule has 0 radical (unpaired) electrons. The standard InChI is InChI=1S/C15H10F3NO2/c16-11-2-1-3-15(10(11)7-19)21-8-14(20)9-4-5-12(17)13(18)6-9/h1-6,14,20H,8H2. The lowest BCUT2D eigenvalue weighted by Crippen LogP contribution is -2.11. The maximum atomic E-state index is 13.3. The molecule has 1 unspecified atom stereocenters. The Kier molecular flexibility index (Phi) is 4.45. The molecule has 0 heterocycles. The molecule has 2 aromatic rings. The fourth-order valence-electron chi connectivity index (χ4n) is 1.72.